The van der Waals surface area contributed by atoms with Gasteiger partial charge >= 0.3 is 0 Å². The standard InChI is InChI=1S/C20H22FN3O3/c1-11-6-18(26-3)22-8-16(11)23-20(25)14-9-24(2)19-13-7-12(21)4-5-17(13)27-10-15(14)19/h4-8,14-15,19H,9-10H2,1-3H3,(H,23,25)/t14-,15+,19+/m1/s1. The Bertz CT molecular complexity index is 889. The van der Waals surface area contributed by atoms with E-state index < -0.39 is 0 Å². The molecule has 0 unspecified atom stereocenters. The number of ether oxygens (including phenoxy) is 2. The van der Waals surface area contributed by atoms with Crippen molar-refractivity contribution in [1.29, 1.82) is 0 Å². The Morgan fingerprint density at radius 2 is 2.22 bits per heavy atom. The van der Waals surface area contributed by atoms with Crippen molar-refractivity contribution in [3.05, 3.63) is 47.4 Å². The van der Waals surface area contributed by atoms with E-state index in [2.05, 4.69) is 15.2 Å². The van der Waals surface area contributed by atoms with Crippen LogP contribution in [0.25, 0.3) is 0 Å². The molecule has 0 saturated carbocycles. The molecule has 2 aromatic rings. The summed E-state index contributed by atoms with van der Waals surface area (Å²) in [4.78, 5) is 19.2. The van der Waals surface area contributed by atoms with Gasteiger partial charge in [-0.15, -0.1) is 0 Å². The molecule has 0 spiro atoms. The van der Waals surface area contributed by atoms with Crippen molar-refractivity contribution in [1.82, 2.24) is 9.88 Å². The monoisotopic (exact) mass is 371 g/mol. The molecule has 1 N–H and O–H groups in total. The number of nitrogens with one attached hydrogen (secondary N) is 1. The Hall–Kier alpha value is -2.67. The Morgan fingerprint density at radius 1 is 1.41 bits per heavy atom. The number of rotatable bonds is 3. The van der Waals surface area contributed by atoms with Crippen LogP contribution in [0.4, 0.5) is 10.1 Å². The number of amides is 1. The van der Waals surface area contributed by atoms with E-state index in [1.165, 1.54) is 12.1 Å². The first-order chi connectivity index (χ1) is 13.0. The van der Waals surface area contributed by atoms with Crippen molar-refractivity contribution in [3.8, 4) is 11.6 Å². The first kappa shape index (κ1) is 17.7. The molecule has 2 aliphatic heterocycles. The van der Waals surface area contributed by atoms with Crippen molar-refractivity contribution in [3.63, 3.8) is 0 Å². The Morgan fingerprint density at radius 3 is 2.96 bits per heavy atom. The van der Waals surface area contributed by atoms with E-state index in [9.17, 15) is 9.18 Å². The first-order valence-electron chi connectivity index (χ1n) is 8.92. The average Bonchev–Trinajstić information content (AvgIpc) is 3.00. The number of hydrogen-bond acceptors (Lipinski definition) is 5. The predicted octanol–water partition coefficient (Wildman–Crippen LogP) is 2.79. The molecule has 0 radical (unpaired) electrons. The smallest absolute Gasteiger partial charge is 0.229 e. The summed E-state index contributed by atoms with van der Waals surface area (Å²) in [7, 11) is 3.52. The normalized spacial score (nSPS) is 23.9. The minimum atomic E-state index is -0.292. The summed E-state index contributed by atoms with van der Waals surface area (Å²) >= 11 is 0. The summed E-state index contributed by atoms with van der Waals surface area (Å²) in [5.41, 5.74) is 2.35. The molecule has 4 rings (SSSR count). The van der Waals surface area contributed by atoms with E-state index in [0.29, 0.717) is 30.5 Å². The first-order valence-corrected chi connectivity index (χ1v) is 8.92. The number of aryl methyl sites for hydroxylation is 1. The van der Waals surface area contributed by atoms with Crippen LogP contribution in [0.5, 0.6) is 11.6 Å². The molecule has 3 atom stereocenters. The predicted molar refractivity (Wildman–Crippen MR) is 98.4 cm³/mol. The van der Waals surface area contributed by atoms with Crippen molar-refractivity contribution in [2.24, 2.45) is 11.8 Å². The number of halogens is 1. The van der Waals surface area contributed by atoms with Crippen LogP contribution < -0.4 is 14.8 Å². The second-order valence-electron chi connectivity index (χ2n) is 7.18. The Kier molecular flexibility index (Phi) is 4.47. The lowest BCUT2D eigenvalue weighted by Crippen LogP contribution is -2.34. The molecule has 3 heterocycles. The van der Waals surface area contributed by atoms with Gasteiger partial charge in [-0.2, -0.15) is 0 Å². The fraction of sp³-hybridized carbons (Fsp3) is 0.400. The van der Waals surface area contributed by atoms with E-state index in [0.717, 1.165) is 11.1 Å². The summed E-state index contributed by atoms with van der Waals surface area (Å²) in [6.45, 7) is 2.92. The van der Waals surface area contributed by atoms with Crippen LogP contribution in [0.3, 0.4) is 0 Å². The maximum atomic E-state index is 13.8. The number of aromatic nitrogens is 1. The van der Waals surface area contributed by atoms with Crippen molar-refractivity contribution in [2.75, 3.05) is 32.6 Å². The van der Waals surface area contributed by atoms with E-state index in [1.807, 2.05) is 14.0 Å². The number of nitrogens with zero attached hydrogens (tertiary/aromatic N) is 2. The number of likely N-dealkylation sites (tertiary alicyclic amines) is 1. The minimum absolute atomic E-state index is 0.0317. The van der Waals surface area contributed by atoms with Gasteiger partial charge in [0.25, 0.3) is 0 Å². The van der Waals surface area contributed by atoms with Gasteiger partial charge in [0.15, 0.2) is 0 Å². The van der Waals surface area contributed by atoms with Crippen LogP contribution in [0.1, 0.15) is 17.2 Å². The third-order valence-corrected chi connectivity index (χ3v) is 5.49. The third kappa shape index (κ3) is 3.12. The van der Waals surface area contributed by atoms with Gasteiger partial charge in [-0.05, 0) is 37.7 Å². The van der Waals surface area contributed by atoms with Gasteiger partial charge in [-0.25, -0.2) is 9.37 Å². The molecule has 142 valence electrons. The second-order valence-corrected chi connectivity index (χ2v) is 7.18. The molecule has 7 heteroatoms. The SMILES string of the molecule is COc1cc(C)c(NC(=O)[C@@H]2CN(C)[C@H]3c4cc(F)ccc4OC[C@@H]23)cn1. The molecule has 1 aromatic carbocycles. The lowest BCUT2D eigenvalue weighted by atomic mass is 9.85. The van der Waals surface area contributed by atoms with Crippen molar-refractivity contribution < 1.29 is 18.7 Å². The maximum Gasteiger partial charge on any atom is 0.229 e. The number of anilines is 1. The number of methoxy groups -OCH3 is 1. The summed E-state index contributed by atoms with van der Waals surface area (Å²) in [5, 5.41) is 2.98. The highest BCUT2D eigenvalue weighted by atomic mass is 19.1. The Labute approximate surface area is 157 Å². The largest absolute Gasteiger partial charge is 0.493 e. The molecule has 0 aliphatic carbocycles. The van der Waals surface area contributed by atoms with Crippen LogP contribution in [0, 0.1) is 24.6 Å². The topological polar surface area (TPSA) is 63.7 Å². The van der Waals surface area contributed by atoms with E-state index in [1.54, 1.807) is 25.4 Å². The number of carbonyl (C=O) groups excluding carboxylic acids is 1. The van der Waals surface area contributed by atoms with Crippen LogP contribution in [0.2, 0.25) is 0 Å². The molecule has 6 nitrogen and oxygen atoms in total. The molecular formula is C20H22FN3O3. The number of benzene rings is 1. The zero-order chi connectivity index (χ0) is 19.1. The van der Waals surface area contributed by atoms with E-state index in [4.69, 9.17) is 9.47 Å². The highest BCUT2D eigenvalue weighted by Crippen LogP contribution is 2.47. The number of hydrogen-bond donors (Lipinski definition) is 1. The molecule has 2 aliphatic rings. The van der Waals surface area contributed by atoms with Gasteiger partial charge < -0.3 is 14.8 Å². The van der Waals surface area contributed by atoms with Crippen LogP contribution >= 0.6 is 0 Å². The summed E-state index contributed by atoms with van der Waals surface area (Å²) in [6.07, 6.45) is 1.60. The molecular weight excluding hydrogens is 349 g/mol. The van der Waals surface area contributed by atoms with Crippen molar-refractivity contribution in [2.45, 2.75) is 13.0 Å². The fourth-order valence-electron chi connectivity index (χ4n) is 4.12. The number of carbonyl (C=O) groups is 1. The van der Waals surface area contributed by atoms with Crippen LogP contribution in [-0.2, 0) is 4.79 Å². The summed E-state index contributed by atoms with van der Waals surface area (Å²) < 4.78 is 24.7. The maximum absolute atomic E-state index is 13.8. The van der Waals surface area contributed by atoms with Crippen molar-refractivity contribution >= 4 is 11.6 Å². The fourth-order valence-corrected chi connectivity index (χ4v) is 4.12. The van der Waals surface area contributed by atoms with Gasteiger partial charge in [0.1, 0.15) is 11.6 Å². The van der Waals surface area contributed by atoms with Gasteiger partial charge in [0.2, 0.25) is 11.8 Å². The quantitative estimate of drug-likeness (QED) is 0.899. The minimum Gasteiger partial charge on any atom is -0.493 e. The highest BCUT2D eigenvalue weighted by molar-refractivity contribution is 5.93. The van der Waals surface area contributed by atoms with E-state index >= 15 is 0 Å². The third-order valence-electron chi connectivity index (χ3n) is 5.49. The molecule has 1 aromatic heterocycles. The lowest BCUT2D eigenvalue weighted by molar-refractivity contribution is -0.121. The zero-order valence-corrected chi connectivity index (χ0v) is 15.5. The summed E-state index contributed by atoms with van der Waals surface area (Å²) in [5.74, 6) is 0.548. The Balaban J connectivity index is 1.56. The second kappa shape index (κ2) is 6.81. The molecule has 1 amide bonds. The number of fused-ring (bicyclic) bond motifs is 3. The van der Waals surface area contributed by atoms with Crippen LogP contribution in [-0.4, -0.2) is 43.1 Å². The zero-order valence-electron chi connectivity index (χ0n) is 15.5. The lowest BCUT2D eigenvalue weighted by Gasteiger charge is -2.33. The van der Waals surface area contributed by atoms with Gasteiger partial charge in [0.05, 0.1) is 31.5 Å². The van der Waals surface area contributed by atoms with Gasteiger partial charge in [0, 0.05) is 30.1 Å². The number of pyridine rings is 1. The molecule has 27 heavy (non-hydrogen) atoms. The van der Waals surface area contributed by atoms with Gasteiger partial charge in [-0.3, -0.25) is 9.69 Å². The van der Waals surface area contributed by atoms with Crippen LogP contribution in [0.15, 0.2) is 30.5 Å². The van der Waals surface area contributed by atoms with Gasteiger partial charge in [-0.1, -0.05) is 0 Å². The average molecular weight is 371 g/mol. The molecule has 1 saturated heterocycles. The van der Waals surface area contributed by atoms with E-state index in [-0.39, 0.29) is 29.6 Å². The molecule has 0 bridgehead atoms. The highest BCUT2D eigenvalue weighted by Gasteiger charge is 2.47. The molecule has 1 fully saturated rings. The summed E-state index contributed by atoms with van der Waals surface area (Å²) in [6, 6.07) is 6.32.